The molecule has 21 nitrogen and oxygen atoms in total. The Balaban J connectivity index is 1.18. The number of aliphatic hydroxyl groups is 1. The van der Waals surface area contributed by atoms with E-state index in [-0.39, 0.29) is 39.3 Å². The number of fused-ring (bicyclic) bond motifs is 5. The average molecular weight is 885 g/mol. The zero-order valence-corrected chi connectivity index (χ0v) is 32.2. The minimum atomic E-state index is -2.96. The SMILES string of the molecule is O=C(OC1Cc2c(O)cc(O)cc2OC1c1cc(O)c(O)c2c1C1C([C@H]3Oc4cc(O)cc(O)c4C[C@H]3OC(=O)c3cc(O)c(O)c(O)c3)=CC(=O)C1(O)O2)c1cc(O)c(O)c(O)c1. The molecule has 21 heteroatoms. The predicted octanol–water partition coefficient (Wildman–Crippen LogP) is 2.96. The van der Waals surface area contributed by atoms with Gasteiger partial charge in [-0.05, 0) is 42.0 Å². The molecule has 330 valence electrons. The van der Waals surface area contributed by atoms with Crippen molar-refractivity contribution in [3.63, 3.8) is 0 Å². The summed E-state index contributed by atoms with van der Waals surface area (Å²) in [7, 11) is 0. The molecule has 0 spiro atoms. The molecule has 0 amide bonds. The van der Waals surface area contributed by atoms with Crippen molar-refractivity contribution < 1.29 is 104 Å². The maximum absolute atomic E-state index is 13.9. The van der Waals surface area contributed by atoms with Crippen molar-refractivity contribution in [3.8, 4) is 86.2 Å². The van der Waals surface area contributed by atoms with E-state index < -0.39 is 153 Å². The summed E-state index contributed by atoms with van der Waals surface area (Å²) in [6.45, 7) is 0. The number of benzene rings is 5. The molecule has 4 unspecified atom stereocenters. The molecule has 0 saturated heterocycles. The molecule has 6 atom stereocenters. The number of rotatable bonds is 6. The summed E-state index contributed by atoms with van der Waals surface area (Å²) < 4.78 is 29.8. The number of ketones is 1. The van der Waals surface area contributed by atoms with Gasteiger partial charge in [0.2, 0.25) is 11.5 Å². The van der Waals surface area contributed by atoms with E-state index in [4.69, 9.17) is 23.7 Å². The first-order valence-corrected chi connectivity index (χ1v) is 18.8. The first-order chi connectivity index (χ1) is 30.2. The number of aromatic hydroxyl groups is 12. The van der Waals surface area contributed by atoms with E-state index in [1.807, 2.05) is 0 Å². The van der Waals surface area contributed by atoms with E-state index in [1.54, 1.807) is 0 Å². The summed E-state index contributed by atoms with van der Waals surface area (Å²) in [5.74, 6) is -18.8. The Morgan fingerprint density at radius 3 is 1.48 bits per heavy atom. The van der Waals surface area contributed by atoms with Gasteiger partial charge < -0.3 is 90.1 Å². The molecule has 1 aliphatic carbocycles. The molecule has 4 aliphatic rings. The highest BCUT2D eigenvalue weighted by molar-refractivity contribution is 6.03. The van der Waals surface area contributed by atoms with Crippen LogP contribution in [0, 0.1) is 0 Å². The lowest BCUT2D eigenvalue weighted by Crippen LogP contribution is -2.46. The second-order valence-electron chi connectivity index (χ2n) is 15.3. The number of phenols is 12. The zero-order chi connectivity index (χ0) is 45.8. The van der Waals surface area contributed by atoms with Crippen LogP contribution >= 0.6 is 0 Å². The van der Waals surface area contributed by atoms with E-state index in [0.29, 0.717) is 0 Å². The van der Waals surface area contributed by atoms with Crippen molar-refractivity contribution >= 4 is 17.7 Å². The Bertz CT molecular complexity index is 2870. The first-order valence-electron chi connectivity index (χ1n) is 18.8. The fraction of sp³-hybridized carbons (Fsp3) is 0.186. The Labute approximate surface area is 356 Å². The molecule has 3 aliphatic heterocycles. The Morgan fingerprint density at radius 2 is 1.00 bits per heavy atom. The highest BCUT2D eigenvalue weighted by Crippen LogP contribution is 2.61. The standard InChI is InChI=1S/C43H32O21/c44-15-5-21(46)17-10-30(62-41(57)13-1-23(48)35(54)24(49)2-13)38(60-28(17)7-15)19-9-27(52)37(56)40-33(19)34-20(12-32(53)43(34,59)64-40)39-31(11-18-22(47)6-16(45)8-29(18)61-39)63-42(58)14-3-25(50)36(55)26(51)4-14/h1-9,12,30-31,34,38-39,44-52,54-56,59H,10-11H2/t30?,31-,34?,38?,39-,43?/m1/s1. The number of phenolic OH excluding ortho intramolecular Hbond substituents is 12. The van der Waals surface area contributed by atoms with Gasteiger partial charge >= 0.3 is 11.9 Å². The van der Waals surface area contributed by atoms with Crippen LogP contribution in [0.1, 0.15) is 55.0 Å². The maximum atomic E-state index is 13.9. The van der Waals surface area contributed by atoms with Crippen LogP contribution in [0.3, 0.4) is 0 Å². The number of esters is 2. The lowest BCUT2D eigenvalue weighted by molar-refractivity contribution is -0.163. The summed E-state index contributed by atoms with van der Waals surface area (Å²) in [6, 6.07) is 8.15. The molecule has 0 saturated carbocycles. The maximum Gasteiger partial charge on any atom is 0.338 e. The average Bonchev–Trinajstić information content (AvgIpc) is 3.68. The van der Waals surface area contributed by atoms with Crippen LogP contribution in [-0.4, -0.2) is 108 Å². The van der Waals surface area contributed by atoms with Gasteiger partial charge in [0.15, 0.2) is 58.2 Å². The molecular formula is C43H32O21. The normalized spacial score (nSPS) is 22.7. The van der Waals surface area contributed by atoms with Crippen molar-refractivity contribution in [2.75, 3.05) is 0 Å². The lowest BCUT2D eigenvalue weighted by Gasteiger charge is -2.37. The summed E-state index contributed by atoms with van der Waals surface area (Å²) in [4.78, 5) is 41.2. The molecule has 0 aromatic heterocycles. The molecule has 9 rings (SSSR count). The molecule has 0 fully saturated rings. The highest BCUT2D eigenvalue weighted by Gasteiger charge is 2.63. The predicted molar refractivity (Wildman–Crippen MR) is 207 cm³/mol. The minimum Gasteiger partial charge on any atom is -0.508 e. The van der Waals surface area contributed by atoms with E-state index in [0.717, 1.165) is 60.7 Å². The Morgan fingerprint density at radius 1 is 0.562 bits per heavy atom. The quantitative estimate of drug-likeness (QED) is 0.0861. The summed E-state index contributed by atoms with van der Waals surface area (Å²) in [5, 5.41) is 137. The first kappa shape index (κ1) is 40.8. The third-order valence-electron chi connectivity index (χ3n) is 11.3. The van der Waals surface area contributed by atoms with Crippen LogP contribution in [0.5, 0.6) is 86.2 Å². The highest BCUT2D eigenvalue weighted by atomic mass is 16.6. The van der Waals surface area contributed by atoms with Crippen molar-refractivity contribution in [3.05, 3.63) is 99.6 Å². The molecule has 3 heterocycles. The van der Waals surface area contributed by atoms with Crippen LogP contribution in [0.4, 0.5) is 0 Å². The van der Waals surface area contributed by atoms with Gasteiger partial charge in [-0.1, -0.05) is 0 Å². The topological polar surface area (TPSA) is 360 Å². The van der Waals surface area contributed by atoms with Gasteiger partial charge in [0.1, 0.15) is 46.7 Å². The van der Waals surface area contributed by atoms with E-state index >= 15 is 0 Å². The van der Waals surface area contributed by atoms with Gasteiger partial charge in [0.25, 0.3) is 5.79 Å². The van der Waals surface area contributed by atoms with Crippen molar-refractivity contribution in [1.29, 1.82) is 0 Å². The molecule has 64 heavy (non-hydrogen) atoms. The van der Waals surface area contributed by atoms with E-state index in [9.17, 15) is 80.8 Å². The second kappa shape index (κ2) is 14.2. The smallest absolute Gasteiger partial charge is 0.338 e. The molecular weight excluding hydrogens is 852 g/mol. The largest absolute Gasteiger partial charge is 0.508 e. The van der Waals surface area contributed by atoms with Gasteiger partial charge in [-0.15, -0.1) is 0 Å². The van der Waals surface area contributed by atoms with Crippen molar-refractivity contribution in [1.82, 2.24) is 0 Å². The lowest BCUT2D eigenvalue weighted by atomic mass is 9.79. The van der Waals surface area contributed by atoms with Crippen LogP contribution in [0.25, 0.3) is 0 Å². The van der Waals surface area contributed by atoms with Crippen molar-refractivity contribution in [2.24, 2.45) is 0 Å². The van der Waals surface area contributed by atoms with Crippen LogP contribution in [0.15, 0.2) is 66.2 Å². The molecule has 0 radical (unpaired) electrons. The Hall–Kier alpha value is -8.59. The molecule has 0 bridgehead atoms. The fourth-order valence-corrected chi connectivity index (χ4v) is 8.39. The van der Waals surface area contributed by atoms with Crippen molar-refractivity contribution in [2.45, 2.75) is 49.0 Å². The Kier molecular flexibility index (Phi) is 9.08. The van der Waals surface area contributed by atoms with Gasteiger partial charge in [0, 0.05) is 59.4 Å². The summed E-state index contributed by atoms with van der Waals surface area (Å²) in [6.07, 6.45) is -6.46. The number of carbonyl (C=O) groups excluding carboxylic acids is 3. The minimum absolute atomic E-state index is 0.00420. The van der Waals surface area contributed by atoms with Crippen LogP contribution in [-0.2, 0) is 27.1 Å². The third kappa shape index (κ3) is 6.32. The van der Waals surface area contributed by atoms with Crippen LogP contribution < -0.4 is 14.2 Å². The zero-order valence-electron chi connectivity index (χ0n) is 32.2. The molecule has 5 aromatic carbocycles. The van der Waals surface area contributed by atoms with Gasteiger partial charge in [-0.2, -0.15) is 0 Å². The fourth-order valence-electron chi connectivity index (χ4n) is 8.39. The summed E-state index contributed by atoms with van der Waals surface area (Å²) in [5.41, 5.74) is -1.79. The summed E-state index contributed by atoms with van der Waals surface area (Å²) >= 11 is 0. The molecule has 5 aromatic rings. The molecule has 13 N–H and O–H groups in total. The van der Waals surface area contributed by atoms with Gasteiger partial charge in [-0.25, -0.2) is 9.59 Å². The second-order valence-corrected chi connectivity index (χ2v) is 15.3. The number of carbonyl (C=O) groups is 3. The van der Waals surface area contributed by atoms with Gasteiger partial charge in [0.05, 0.1) is 17.0 Å². The number of hydrogen-bond acceptors (Lipinski definition) is 21. The van der Waals surface area contributed by atoms with Crippen LogP contribution in [0.2, 0.25) is 0 Å². The monoisotopic (exact) mass is 884 g/mol. The third-order valence-corrected chi connectivity index (χ3v) is 11.3. The number of hydrogen-bond donors (Lipinski definition) is 13. The number of ether oxygens (including phenoxy) is 5. The van der Waals surface area contributed by atoms with Gasteiger partial charge in [-0.3, -0.25) is 4.79 Å². The van der Waals surface area contributed by atoms with E-state index in [1.165, 1.54) is 0 Å². The van der Waals surface area contributed by atoms with E-state index in [2.05, 4.69) is 0 Å².